The maximum absolute atomic E-state index is 11.5. The normalized spacial score (nSPS) is 10.2. The summed E-state index contributed by atoms with van der Waals surface area (Å²) in [5.41, 5.74) is 0. The van der Waals surface area contributed by atoms with Gasteiger partial charge in [0, 0.05) is 6.42 Å². The second-order valence-electron chi connectivity index (χ2n) is 4.11. The Balaban J connectivity index is 2.18. The van der Waals surface area contributed by atoms with E-state index >= 15 is 0 Å². The van der Waals surface area contributed by atoms with Crippen molar-refractivity contribution in [2.45, 2.75) is 45.4 Å². The summed E-state index contributed by atoms with van der Waals surface area (Å²) < 4.78 is 0. The van der Waals surface area contributed by atoms with E-state index in [1.165, 1.54) is 31.5 Å². The fourth-order valence-electron chi connectivity index (χ4n) is 1.55. The van der Waals surface area contributed by atoms with Crippen molar-refractivity contribution in [1.29, 1.82) is 0 Å². The second kappa shape index (κ2) is 7.65. The monoisotopic (exact) mass is 236 g/mol. The zero-order valence-electron chi connectivity index (χ0n) is 10.3. The molecule has 0 saturated carbocycles. The fourth-order valence-corrected chi connectivity index (χ4v) is 1.55. The lowest BCUT2D eigenvalue weighted by Crippen LogP contribution is -2.11. The number of aromatic nitrogens is 1. The molecule has 4 nitrogen and oxygen atoms in total. The number of pyridine rings is 1. The Hall–Kier alpha value is -1.58. The molecule has 2 N–H and O–H groups in total. The number of unbranched alkanes of at least 4 members (excludes halogenated alkanes) is 4. The summed E-state index contributed by atoms with van der Waals surface area (Å²) in [5.74, 6) is 0.573. The van der Waals surface area contributed by atoms with Gasteiger partial charge in [0.1, 0.15) is 11.6 Å². The van der Waals surface area contributed by atoms with Crippen LogP contribution in [0, 0.1) is 0 Å². The molecule has 0 unspecified atom stereocenters. The Labute approximate surface area is 102 Å². The van der Waals surface area contributed by atoms with E-state index in [0.717, 1.165) is 12.8 Å². The summed E-state index contributed by atoms with van der Waals surface area (Å²) in [7, 11) is 0. The van der Waals surface area contributed by atoms with Crippen LogP contribution in [0.1, 0.15) is 45.4 Å². The van der Waals surface area contributed by atoms with Crippen LogP contribution in [0.25, 0.3) is 0 Å². The van der Waals surface area contributed by atoms with Crippen molar-refractivity contribution >= 4 is 11.7 Å². The van der Waals surface area contributed by atoms with Gasteiger partial charge in [-0.3, -0.25) is 4.79 Å². The molecule has 17 heavy (non-hydrogen) atoms. The van der Waals surface area contributed by atoms with Crippen molar-refractivity contribution in [3.63, 3.8) is 0 Å². The van der Waals surface area contributed by atoms with Crippen LogP contribution in [-0.4, -0.2) is 16.0 Å². The van der Waals surface area contributed by atoms with Gasteiger partial charge >= 0.3 is 0 Å². The molecular weight excluding hydrogens is 216 g/mol. The van der Waals surface area contributed by atoms with Crippen LogP contribution in [0.4, 0.5) is 5.82 Å². The van der Waals surface area contributed by atoms with E-state index in [-0.39, 0.29) is 11.7 Å². The predicted octanol–water partition coefficient (Wildman–Crippen LogP) is 3.09. The van der Waals surface area contributed by atoms with E-state index < -0.39 is 0 Å². The molecule has 0 radical (unpaired) electrons. The Morgan fingerprint density at radius 3 is 2.71 bits per heavy atom. The van der Waals surface area contributed by atoms with Gasteiger partial charge in [-0.25, -0.2) is 4.98 Å². The van der Waals surface area contributed by atoms with E-state index in [4.69, 9.17) is 5.11 Å². The summed E-state index contributed by atoms with van der Waals surface area (Å²) in [4.78, 5) is 15.4. The average molecular weight is 236 g/mol. The lowest BCUT2D eigenvalue weighted by Gasteiger charge is -2.04. The molecule has 1 aromatic rings. The van der Waals surface area contributed by atoms with Crippen LogP contribution in [0.2, 0.25) is 0 Å². The van der Waals surface area contributed by atoms with Gasteiger partial charge in [0.2, 0.25) is 5.91 Å². The Morgan fingerprint density at radius 2 is 2.06 bits per heavy atom. The topological polar surface area (TPSA) is 62.2 Å². The Bertz CT molecular complexity index is 336. The minimum atomic E-state index is -0.0142. The van der Waals surface area contributed by atoms with Gasteiger partial charge in [0.05, 0.1) is 6.20 Å². The molecule has 0 bridgehead atoms. The molecule has 0 spiro atoms. The number of hydrogen-bond donors (Lipinski definition) is 2. The minimum absolute atomic E-state index is 0.0142. The molecule has 4 heteroatoms. The van der Waals surface area contributed by atoms with Crippen molar-refractivity contribution < 1.29 is 9.90 Å². The van der Waals surface area contributed by atoms with Crippen LogP contribution in [0.5, 0.6) is 5.75 Å². The highest BCUT2D eigenvalue weighted by molar-refractivity contribution is 5.89. The highest BCUT2D eigenvalue weighted by atomic mass is 16.3. The number of nitrogens with zero attached hydrogens (tertiary/aromatic N) is 1. The van der Waals surface area contributed by atoms with E-state index in [0.29, 0.717) is 12.2 Å². The fraction of sp³-hybridized carbons (Fsp3) is 0.538. The van der Waals surface area contributed by atoms with Crippen molar-refractivity contribution in [3.05, 3.63) is 18.3 Å². The van der Waals surface area contributed by atoms with Crippen LogP contribution < -0.4 is 5.32 Å². The first kappa shape index (κ1) is 13.5. The van der Waals surface area contributed by atoms with Crippen molar-refractivity contribution in [2.24, 2.45) is 0 Å². The standard InChI is InChI=1S/C13H20N2O2/c1-2-3-4-5-6-7-13(17)15-12-9-8-11(16)10-14-12/h8-10,16H,2-7H2,1H3,(H,14,15,17). The zero-order valence-corrected chi connectivity index (χ0v) is 10.3. The summed E-state index contributed by atoms with van der Waals surface area (Å²) >= 11 is 0. The molecule has 0 aliphatic carbocycles. The first-order valence-corrected chi connectivity index (χ1v) is 6.17. The number of anilines is 1. The van der Waals surface area contributed by atoms with E-state index in [9.17, 15) is 4.79 Å². The molecule has 0 aliphatic heterocycles. The molecule has 1 amide bonds. The number of carbonyl (C=O) groups is 1. The predicted molar refractivity (Wildman–Crippen MR) is 67.9 cm³/mol. The molecule has 0 saturated heterocycles. The van der Waals surface area contributed by atoms with Crippen LogP contribution in [0.3, 0.4) is 0 Å². The van der Waals surface area contributed by atoms with Crippen LogP contribution in [0.15, 0.2) is 18.3 Å². The third kappa shape index (κ3) is 5.90. The molecule has 0 fully saturated rings. The van der Waals surface area contributed by atoms with Crippen molar-refractivity contribution in [1.82, 2.24) is 4.98 Å². The number of nitrogens with one attached hydrogen (secondary N) is 1. The maximum Gasteiger partial charge on any atom is 0.225 e. The lowest BCUT2D eigenvalue weighted by molar-refractivity contribution is -0.116. The minimum Gasteiger partial charge on any atom is -0.506 e. The van der Waals surface area contributed by atoms with Crippen LogP contribution in [-0.2, 0) is 4.79 Å². The molecule has 0 aromatic carbocycles. The summed E-state index contributed by atoms with van der Waals surface area (Å²) in [5, 5.41) is 11.7. The van der Waals surface area contributed by atoms with Gasteiger partial charge in [-0.1, -0.05) is 32.6 Å². The van der Waals surface area contributed by atoms with Gasteiger partial charge in [0.25, 0.3) is 0 Å². The molecule has 1 heterocycles. The van der Waals surface area contributed by atoms with E-state index in [2.05, 4.69) is 17.2 Å². The van der Waals surface area contributed by atoms with Gasteiger partial charge < -0.3 is 10.4 Å². The molecule has 0 aliphatic rings. The van der Waals surface area contributed by atoms with Crippen molar-refractivity contribution in [2.75, 3.05) is 5.32 Å². The lowest BCUT2D eigenvalue weighted by atomic mass is 10.1. The first-order valence-electron chi connectivity index (χ1n) is 6.17. The molecule has 1 rings (SSSR count). The van der Waals surface area contributed by atoms with Crippen molar-refractivity contribution in [3.8, 4) is 5.75 Å². The van der Waals surface area contributed by atoms with Gasteiger partial charge in [-0.05, 0) is 18.6 Å². The highest BCUT2D eigenvalue weighted by Crippen LogP contribution is 2.11. The second-order valence-corrected chi connectivity index (χ2v) is 4.11. The summed E-state index contributed by atoms with van der Waals surface area (Å²) in [6, 6.07) is 3.09. The van der Waals surface area contributed by atoms with E-state index in [1.807, 2.05) is 0 Å². The number of carbonyl (C=O) groups excluding carboxylic acids is 1. The van der Waals surface area contributed by atoms with Gasteiger partial charge in [0.15, 0.2) is 0 Å². The van der Waals surface area contributed by atoms with E-state index in [1.54, 1.807) is 6.07 Å². The number of rotatable bonds is 7. The highest BCUT2D eigenvalue weighted by Gasteiger charge is 2.02. The largest absolute Gasteiger partial charge is 0.506 e. The smallest absolute Gasteiger partial charge is 0.225 e. The Morgan fingerprint density at radius 1 is 1.29 bits per heavy atom. The van der Waals surface area contributed by atoms with Crippen LogP contribution >= 0.6 is 0 Å². The molecule has 94 valence electrons. The number of aromatic hydroxyl groups is 1. The quantitative estimate of drug-likeness (QED) is 0.715. The molecular formula is C13H20N2O2. The number of amides is 1. The van der Waals surface area contributed by atoms with Gasteiger partial charge in [-0.15, -0.1) is 0 Å². The third-order valence-corrected chi connectivity index (χ3v) is 2.52. The zero-order chi connectivity index (χ0) is 12.5. The SMILES string of the molecule is CCCCCCCC(=O)Nc1ccc(O)cn1. The maximum atomic E-state index is 11.5. The Kier molecular flexibility index (Phi) is 6.07. The third-order valence-electron chi connectivity index (χ3n) is 2.52. The first-order chi connectivity index (χ1) is 8.22. The summed E-state index contributed by atoms with van der Waals surface area (Å²) in [6.07, 6.45) is 7.52. The molecule has 1 aromatic heterocycles. The summed E-state index contributed by atoms with van der Waals surface area (Å²) in [6.45, 7) is 2.17. The van der Waals surface area contributed by atoms with Gasteiger partial charge in [-0.2, -0.15) is 0 Å². The molecule has 0 atom stereocenters. The number of hydrogen-bond acceptors (Lipinski definition) is 3. The average Bonchev–Trinajstić information content (AvgIpc) is 2.32.